The quantitative estimate of drug-likeness (QED) is 0.143. The third kappa shape index (κ3) is 5.05. The van der Waals surface area contributed by atoms with Crippen molar-refractivity contribution < 1.29 is 29.1 Å². The molecule has 13 heteroatoms. The van der Waals surface area contributed by atoms with Gasteiger partial charge in [-0.15, -0.1) is 23.1 Å². The van der Waals surface area contributed by atoms with Crippen LogP contribution in [0, 0.1) is 0 Å². The second-order valence-corrected chi connectivity index (χ2v) is 8.57. The largest absolute Gasteiger partial charge is 0.477 e. The van der Waals surface area contributed by atoms with Crippen LogP contribution in [0.3, 0.4) is 0 Å². The van der Waals surface area contributed by atoms with Crippen molar-refractivity contribution in [2.24, 2.45) is 5.16 Å². The Hall–Kier alpha value is -2.93. The van der Waals surface area contributed by atoms with E-state index in [-0.39, 0.29) is 22.2 Å². The van der Waals surface area contributed by atoms with Crippen molar-refractivity contribution in [1.29, 1.82) is 0 Å². The van der Waals surface area contributed by atoms with E-state index in [1.54, 1.807) is 0 Å². The lowest BCUT2D eigenvalue weighted by Crippen LogP contribution is -2.70. The first-order valence-electron chi connectivity index (χ1n) is 9.53. The summed E-state index contributed by atoms with van der Waals surface area (Å²) >= 11 is 2.46. The van der Waals surface area contributed by atoms with Gasteiger partial charge in [0.1, 0.15) is 29.4 Å². The molecule has 11 nitrogen and oxygen atoms in total. The number of aliphatic carboxylic acids is 1. The minimum atomic E-state index is -1.19. The van der Waals surface area contributed by atoms with E-state index in [9.17, 15) is 24.3 Å². The second kappa shape index (κ2) is 10.4. The number of carbonyl (C=O) groups excluding carboxylic acids is 3. The van der Waals surface area contributed by atoms with E-state index in [1.165, 1.54) is 23.2 Å². The van der Waals surface area contributed by atoms with Gasteiger partial charge in [0.05, 0.1) is 0 Å². The Kier molecular flexibility index (Phi) is 7.63. The maximum atomic E-state index is 12.9. The first-order chi connectivity index (χ1) is 15.0. The SMILES string of the molecule is CCCCCON=C(C(=O)NC1C(=O)N2C(C(=O)O)=CCS[C@@H]12)c1csc(NC=O)n1. The summed E-state index contributed by atoms with van der Waals surface area (Å²) in [6.45, 7) is 2.36. The highest BCUT2D eigenvalue weighted by molar-refractivity contribution is 8.00. The van der Waals surface area contributed by atoms with Crippen LogP contribution in [0.25, 0.3) is 0 Å². The molecule has 2 aliphatic heterocycles. The van der Waals surface area contributed by atoms with Gasteiger partial charge in [-0.25, -0.2) is 9.78 Å². The van der Waals surface area contributed by atoms with Crippen molar-refractivity contribution in [3.05, 3.63) is 22.8 Å². The predicted molar refractivity (Wildman–Crippen MR) is 115 cm³/mol. The average Bonchev–Trinajstić information content (AvgIpc) is 3.22. The van der Waals surface area contributed by atoms with Crippen LogP contribution in [-0.4, -0.2) is 68.7 Å². The third-order valence-corrected chi connectivity index (χ3v) is 6.45. The highest BCUT2D eigenvalue weighted by Crippen LogP contribution is 2.37. The number of carboxylic acid groups (broad SMARTS) is 1. The summed E-state index contributed by atoms with van der Waals surface area (Å²) in [7, 11) is 0. The number of carbonyl (C=O) groups is 4. The zero-order chi connectivity index (χ0) is 22.4. The predicted octanol–water partition coefficient (Wildman–Crippen LogP) is 0.991. The molecule has 1 saturated heterocycles. The van der Waals surface area contributed by atoms with Crippen LogP contribution in [0.4, 0.5) is 5.13 Å². The van der Waals surface area contributed by atoms with Gasteiger partial charge < -0.3 is 20.6 Å². The number of oxime groups is 1. The molecule has 0 saturated carbocycles. The van der Waals surface area contributed by atoms with E-state index >= 15 is 0 Å². The van der Waals surface area contributed by atoms with Crippen LogP contribution in [0.15, 0.2) is 22.3 Å². The van der Waals surface area contributed by atoms with Crippen LogP contribution < -0.4 is 10.6 Å². The van der Waals surface area contributed by atoms with Gasteiger partial charge in [0, 0.05) is 11.1 Å². The molecule has 3 rings (SSSR count). The Morgan fingerprint density at radius 2 is 2.26 bits per heavy atom. The van der Waals surface area contributed by atoms with Gasteiger partial charge in [0.25, 0.3) is 11.8 Å². The van der Waals surface area contributed by atoms with Crippen molar-refractivity contribution in [1.82, 2.24) is 15.2 Å². The lowest BCUT2D eigenvalue weighted by Gasteiger charge is -2.48. The topological polar surface area (TPSA) is 150 Å². The molecule has 166 valence electrons. The Morgan fingerprint density at radius 1 is 1.45 bits per heavy atom. The Labute approximate surface area is 185 Å². The molecule has 1 fully saturated rings. The molecule has 0 aromatic carbocycles. The molecule has 3 heterocycles. The number of anilines is 1. The van der Waals surface area contributed by atoms with E-state index in [4.69, 9.17) is 4.84 Å². The number of β-lactam (4-membered cyclic amide) rings is 1. The zero-order valence-electron chi connectivity index (χ0n) is 16.6. The van der Waals surface area contributed by atoms with Crippen LogP contribution in [0.5, 0.6) is 0 Å². The first kappa shape index (κ1) is 22.7. The summed E-state index contributed by atoms with van der Waals surface area (Å²) in [5, 5.41) is 19.5. The molecule has 0 aliphatic carbocycles. The number of fused-ring (bicyclic) bond motifs is 1. The summed E-state index contributed by atoms with van der Waals surface area (Å²) in [4.78, 5) is 57.9. The van der Waals surface area contributed by atoms with Crippen molar-refractivity contribution in [3.63, 3.8) is 0 Å². The second-order valence-electron chi connectivity index (χ2n) is 6.56. The number of aromatic nitrogens is 1. The molecule has 2 aliphatic rings. The summed E-state index contributed by atoms with van der Waals surface area (Å²) < 4.78 is 0. The number of hydrogen-bond acceptors (Lipinski definition) is 9. The molecule has 31 heavy (non-hydrogen) atoms. The third-order valence-electron chi connectivity index (χ3n) is 4.49. The van der Waals surface area contributed by atoms with Crippen molar-refractivity contribution in [3.8, 4) is 0 Å². The number of nitrogens with zero attached hydrogens (tertiary/aromatic N) is 3. The zero-order valence-corrected chi connectivity index (χ0v) is 18.2. The van der Waals surface area contributed by atoms with Crippen molar-refractivity contribution in [2.45, 2.75) is 37.6 Å². The van der Waals surface area contributed by atoms with Crippen LogP contribution in [-0.2, 0) is 24.0 Å². The maximum Gasteiger partial charge on any atom is 0.352 e. The van der Waals surface area contributed by atoms with Crippen LogP contribution in [0.2, 0.25) is 0 Å². The number of rotatable bonds is 11. The molecule has 0 radical (unpaired) electrons. The van der Waals surface area contributed by atoms with Gasteiger partial charge >= 0.3 is 5.97 Å². The van der Waals surface area contributed by atoms with Gasteiger partial charge in [-0.05, 0) is 12.5 Å². The monoisotopic (exact) mass is 467 g/mol. The Bertz CT molecular complexity index is 930. The van der Waals surface area contributed by atoms with E-state index in [1.807, 2.05) is 6.92 Å². The van der Waals surface area contributed by atoms with E-state index in [0.29, 0.717) is 18.8 Å². The smallest absolute Gasteiger partial charge is 0.352 e. The molecule has 1 aromatic heterocycles. The fourth-order valence-electron chi connectivity index (χ4n) is 2.98. The summed E-state index contributed by atoms with van der Waals surface area (Å²) in [6.07, 6.45) is 4.65. The van der Waals surface area contributed by atoms with E-state index < -0.39 is 29.2 Å². The molecule has 2 atom stereocenters. The molecular weight excluding hydrogens is 446 g/mol. The number of thioether (sulfide) groups is 1. The van der Waals surface area contributed by atoms with Crippen molar-refractivity contribution >= 4 is 58.1 Å². The van der Waals surface area contributed by atoms with Crippen LogP contribution >= 0.6 is 23.1 Å². The average molecular weight is 468 g/mol. The van der Waals surface area contributed by atoms with Gasteiger partial charge in [0.15, 0.2) is 10.8 Å². The fourth-order valence-corrected chi connectivity index (χ4v) is 4.83. The lowest BCUT2D eigenvalue weighted by molar-refractivity contribution is -0.150. The van der Waals surface area contributed by atoms with E-state index in [0.717, 1.165) is 35.5 Å². The maximum absolute atomic E-state index is 12.9. The highest BCUT2D eigenvalue weighted by Gasteiger charge is 2.53. The van der Waals surface area contributed by atoms with Gasteiger partial charge in [0.2, 0.25) is 6.41 Å². The number of carboxylic acids is 1. The molecule has 3 N–H and O–H groups in total. The molecule has 3 amide bonds. The normalized spacial score (nSPS) is 20.3. The van der Waals surface area contributed by atoms with Gasteiger partial charge in [-0.3, -0.25) is 19.3 Å². The standard InChI is InChI=1S/C18H21N5O6S2/c1-2-3-4-6-29-22-12(10-8-31-18(20-10)19-9-24)14(25)21-13-15(26)23-11(17(27)28)5-7-30-16(13)23/h5,8-9,13,16H,2-4,6-7H2,1H3,(H,21,25)(H,27,28)(H,19,20,24)/t13?,16-/m0/s1. The van der Waals surface area contributed by atoms with Gasteiger partial charge in [-0.2, -0.15) is 0 Å². The summed E-state index contributed by atoms with van der Waals surface area (Å²) in [5.74, 6) is -1.96. The molecule has 1 unspecified atom stereocenters. The molecule has 0 bridgehead atoms. The minimum Gasteiger partial charge on any atom is -0.477 e. The van der Waals surface area contributed by atoms with Crippen LogP contribution in [0.1, 0.15) is 31.9 Å². The Morgan fingerprint density at radius 3 is 2.97 bits per heavy atom. The number of hydrogen-bond donors (Lipinski definition) is 3. The van der Waals surface area contributed by atoms with Crippen molar-refractivity contribution in [2.75, 3.05) is 17.7 Å². The van der Waals surface area contributed by atoms with Gasteiger partial charge in [-0.1, -0.05) is 24.9 Å². The summed E-state index contributed by atoms with van der Waals surface area (Å²) in [6, 6.07) is -0.892. The molecule has 0 spiro atoms. The number of nitrogens with one attached hydrogen (secondary N) is 2. The lowest BCUT2D eigenvalue weighted by atomic mass is 10.0. The summed E-state index contributed by atoms with van der Waals surface area (Å²) in [5.41, 5.74) is -0.0300. The minimum absolute atomic E-state index is 0.0866. The highest BCUT2D eigenvalue weighted by atomic mass is 32.2. The first-order valence-corrected chi connectivity index (χ1v) is 11.5. The molecular formula is C18H21N5O6S2. The van der Waals surface area contributed by atoms with E-state index in [2.05, 4.69) is 20.8 Å². The fraction of sp³-hybridized carbons (Fsp3) is 0.444. The molecule has 1 aromatic rings. The number of thiazole rings is 1. The Balaban J connectivity index is 1.73. The number of unbranched alkanes of at least 4 members (excludes halogenated alkanes) is 2. The number of amides is 3.